The minimum Gasteiger partial charge on any atom is -0.393 e. The predicted molar refractivity (Wildman–Crippen MR) is 57.8 cm³/mol. The van der Waals surface area contributed by atoms with E-state index in [2.05, 4.69) is 33.0 Å². The van der Waals surface area contributed by atoms with E-state index in [1.807, 2.05) is 6.92 Å². The highest BCUT2D eigenvalue weighted by Gasteiger charge is 2.13. The lowest BCUT2D eigenvalue weighted by Crippen LogP contribution is -2.37. The second-order valence-electron chi connectivity index (χ2n) is 4.73. The topological polar surface area (TPSA) is 32.3 Å². The van der Waals surface area contributed by atoms with Crippen molar-refractivity contribution in [3.05, 3.63) is 0 Å². The number of hydrogen-bond donors (Lipinski definition) is 2. The van der Waals surface area contributed by atoms with Crippen molar-refractivity contribution in [3.8, 4) is 0 Å². The van der Waals surface area contributed by atoms with Gasteiger partial charge in [0, 0.05) is 12.1 Å². The summed E-state index contributed by atoms with van der Waals surface area (Å²) in [6.45, 7) is 10.6. The van der Waals surface area contributed by atoms with E-state index in [-0.39, 0.29) is 6.10 Å². The van der Waals surface area contributed by atoms with E-state index >= 15 is 0 Å². The first-order valence-electron chi connectivity index (χ1n) is 5.36. The maximum absolute atomic E-state index is 9.31. The zero-order valence-electron chi connectivity index (χ0n) is 9.67. The van der Waals surface area contributed by atoms with Gasteiger partial charge in [0.1, 0.15) is 0 Å². The first-order chi connectivity index (χ1) is 5.91. The van der Waals surface area contributed by atoms with Gasteiger partial charge in [-0.05, 0) is 25.7 Å². The molecule has 80 valence electrons. The Balaban J connectivity index is 3.87. The van der Waals surface area contributed by atoms with Gasteiger partial charge in [-0.2, -0.15) is 0 Å². The van der Waals surface area contributed by atoms with Crippen molar-refractivity contribution in [3.63, 3.8) is 0 Å². The van der Waals surface area contributed by atoms with Gasteiger partial charge in [0.05, 0.1) is 6.10 Å². The Morgan fingerprint density at radius 1 is 1.00 bits per heavy atom. The fourth-order valence-corrected chi connectivity index (χ4v) is 1.68. The Kier molecular flexibility index (Phi) is 6.35. The summed E-state index contributed by atoms with van der Waals surface area (Å²) in [4.78, 5) is 0. The normalized spacial score (nSPS) is 16.6. The predicted octanol–water partition coefficient (Wildman–Crippen LogP) is 2.17. The molecule has 0 aromatic rings. The molecule has 0 bridgehead atoms. The van der Waals surface area contributed by atoms with Crippen molar-refractivity contribution < 1.29 is 5.11 Å². The van der Waals surface area contributed by atoms with E-state index in [1.54, 1.807) is 0 Å². The lowest BCUT2D eigenvalue weighted by atomic mass is 9.98. The first kappa shape index (κ1) is 12.9. The molecule has 0 aliphatic heterocycles. The highest BCUT2D eigenvalue weighted by Crippen LogP contribution is 2.10. The van der Waals surface area contributed by atoms with Crippen LogP contribution in [0, 0.1) is 5.92 Å². The Morgan fingerprint density at radius 3 is 1.85 bits per heavy atom. The summed E-state index contributed by atoms with van der Waals surface area (Å²) in [6.07, 6.45) is 1.80. The second kappa shape index (κ2) is 6.39. The van der Waals surface area contributed by atoms with Crippen LogP contribution < -0.4 is 5.32 Å². The van der Waals surface area contributed by atoms with Crippen molar-refractivity contribution in [2.75, 3.05) is 0 Å². The van der Waals surface area contributed by atoms with Crippen LogP contribution in [0.4, 0.5) is 0 Å². The fourth-order valence-electron chi connectivity index (χ4n) is 1.68. The molecule has 0 fully saturated rings. The largest absolute Gasteiger partial charge is 0.393 e. The third-order valence-corrected chi connectivity index (χ3v) is 1.95. The molecule has 0 saturated carbocycles. The molecule has 0 spiro atoms. The molecule has 0 rings (SSSR count). The molecule has 0 aliphatic rings. The van der Waals surface area contributed by atoms with Gasteiger partial charge in [-0.1, -0.05) is 27.7 Å². The third kappa shape index (κ3) is 8.26. The summed E-state index contributed by atoms with van der Waals surface area (Å²) < 4.78 is 0. The number of aliphatic hydroxyl groups excluding tert-OH is 1. The molecule has 0 radical (unpaired) electrons. The Bertz CT molecular complexity index is 97.5. The molecule has 2 unspecified atom stereocenters. The minimum absolute atomic E-state index is 0.199. The van der Waals surface area contributed by atoms with Crippen LogP contribution in [0.2, 0.25) is 0 Å². The second-order valence-corrected chi connectivity index (χ2v) is 4.73. The molecule has 0 aliphatic carbocycles. The van der Waals surface area contributed by atoms with Gasteiger partial charge >= 0.3 is 0 Å². The van der Waals surface area contributed by atoms with Crippen molar-refractivity contribution in [1.29, 1.82) is 0 Å². The lowest BCUT2D eigenvalue weighted by Gasteiger charge is -2.24. The van der Waals surface area contributed by atoms with E-state index < -0.39 is 0 Å². The highest BCUT2D eigenvalue weighted by molar-refractivity contribution is 4.72. The Morgan fingerprint density at radius 2 is 1.54 bits per heavy atom. The Hall–Kier alpha value is -0.0800. The standard InChI is InChI=1S/C11H25NO/c1-8(2)6-11(7-10(5)13)12-9(3)4/h8-13H,6-7H2,1-5H3. The molecule has 2 N–H and O–H groups in total. The van der Waals surface area contributed by atoms with Gasteiger partial charge in [0.25, 0.3) is 0 Å². The van der Waals surface area contributed by atoms with E-state index in [4.69, 9.17) is 0 Å². The maximum atomic E-state index is 9.31. The smallest absolute Gasteiger partial charge is 0.0526 e. The molecule has 0 heterocycles. The first-order valence-corrected chi connectivity index (χ1v) is 5.36. The number of nitrogens with one attached hydrogen (secondary N) is 1. The lowest BCUT2D eigenvalue weighted by molar-refractivity contribution is 0.160. The summed E-state index contributed by atoms with van der Waals surface area (Å²) in [5, 5.41) is 12.8. The zero-order valence-corrected chi connectivity index (χ0v) is 9.67. The molecular formula is C11H25NO. The molecular weight excluding hydrogens is 162 g/mol. The van der Waals surface area contributed by atoms with Crippen molar-refractivity contribution in [2.24, 2.45) is 5.92 Å². The van der Waals surface area contributed by atoms with Gasteiger partial charge in [0.2, 0.25) is 0 Å². The van der Waals surface area contributed by atoms with Crippen molar-refractivity contribution in [1.82, 2.24) is 5.32 Å². The molecule has 0 amide bonds. The van der Waals surface area contributed by atoms with Crippen LogP contribution in [0.25, 0.3) is 0 Å². The summed E-state index contributed by atoms with van der Waals surface area (Å²) in [5.41, 5.74) is 0. The van der Waals surface area contributed by atoms with Crippen LogP contribution in [0.1, 0.15) is 47.5 Å². The molecule has 13 heavy (non-hydrogen) atoms. The number of hydrogen-bond acceptors (Lipinski definition) is 2. The van der Waals surface area contributed by atoms with Crippen molar-refractivity contribution >= 4 is 0 Å². The van der Waals surface area contributed by atoms with E-state index in [0.29, 0.717) is 18.0 Å². The van der Waals surface area contributed by atoms with Gasteiger partial charge in [-0.15, -0.1) is 0 Å². The highest BCUT2D eigenvalue weighted by atomic mass is 16.3. The van der Waals surface area contributed by atoms with Crippen LogP contribution in [0.15, 0.2) is 0 Å². The molecule has 2 atom stereocenters. The van der Waals surface area contributed by atoms with Crippen LogP contribution in [0.3, 0.4) is 0 Å². The summed E-state index contributed by atoms with van der Waals surface area (Å²) in [6, 6.07) is 0.961. The monoisotopic (exact) mass is 187 g/mol. The van der Waals surface area contributed by atoms with E-state index in [0.717, 1.165) is 12.8 Å². The molecule has 0 aromatic heterocycles. The number of rotatable bonds is 6. The van der Waals surface area contributed by atoms with Crippen molar-refractivity contribution in [2.45, 2.75) is 65.6 Å². The summed E-state index contributed by atoms with van der Waals surface area (Å²) in [7, 11) is 0. The minimum atomic E-state index is -0.199. The van der Waals surface area contributed by atoms with Gasteiger partial charge in [-0.3, -0.25) is 0 Å². The van der Waals surface area contributed by atoms with Crippen LogP contribution in [0.5, 0.6) is 0 Å². The fraction of sp³-hybridized carbons (Fsp3) is 1.00. The molecule has 0 aromatic carbocycles. The summed E-state index contributed by atoms with van der Waals surface area (Å²) >= 11 is 0. The Labute approximate surface area is 82.7 Å². The van der Waals surface area contributed by atoms with Gasteiger partial charge in [-0.25, -0.2) is 0 Å². The van der Waals surface area contributed by atoms with Gasteiger partial charge in [0.15, 0.2) is 0 Å². The van der Waals surface area contributed by atoms with E-state index in [9.17, 15) is 5.11 Å². The van der Waals surface area contributed by atoms with Crippen LogP contribution in [-0.4, -0.2) is 23.3 Å². The average Bonchev–Trinajstić information content (AvgIpc) is 1.80. The molecule has 0 saturated heterocycles. The quantitative estimate of drug-likeness (QED) is 0.668. The average molecular weight is 187 g/mol. The van der Waals surface area contributed by atoms with Crippen LogP contribution in [-0.2, 0) is 0 Å². The SMILES string of the molecule is CC(C)CC(CC(C)O)NC(C)C. The van der Waals surface area contributed by atoms with E-state index in [1.165, 1.54) is 0 Å². The number of aliphatic hydroxyl groups is 1. The van der Waals surface area contributed by atoms with Crippen LogP contribution >= 0.6 is 0 Å². The van der Waals surface area contributed by atoms with Gasteiger partial charge < -0.3 is 10.4 Å². The third-order valence-electron chi connectivity index (χ3n) is 1.95. The molecule has 2 nitrogen and oxygen atoms in total. The maximum Gasteiger partial charge on any atom is 0.0526 e. The zero-order chi connectivity index (χ0) is 10.4. The summed E-state index contributed by atoms with van der Waals surface area (Å²) in [5.74, 6) is 0.690. The molecule has 2 heteroatoms.